The van der Waals surface area contributed by atoms with Crippen molar-refractivity contribution in [1.82, 2.24) is 0 Å². The van der Waals surface area contributed by atoms with E-state index in [1.807, 2.05) is 0 Å². The van der Waals surface area contributed by atoms with E-state index in [2.05, 4.69) is 60.4 Å². The first kappa shape index (κ1) is 18.2. The second-order valence-electron chi connectivity index (χ2n) is 6.14. The van der Waals surface area contributed by atoms with Crippen LogP contribution in [0, 0.1) is 9.49 Å². The van der Waals surface area contributed by atoms with Crippen molar-refractivity contribution < 1.29 is 26.0 Å². The number of aldehydes is 1. The summed E-state index contributed by atoms with van der Waals surface area (Å²) in [6, 6.07) is 18.3. The third kappa shape index (κ3) is 4.90. The Morgan fingerprint density at radius 3 is 2.26 bits per heavy atom. The Balaban J connectivity index is 0.000000595. The van der Waals surface area contributed by atoms with Gasteiger partial charge in [0.1, 0.15) is 6.29 Å². The van der Waals surface area contributed by atoms with Gasteiger partial charge in [0, 0.05) is 0 Å². The molecule has 2 heteroatoms. The van der Waals surface area contributed by atoms with Crippen LogP contribution in [0.15, 0.2) is 48.5 Å². The van der Waals surface area contributed by atoms with Gasteiger partial charge in [-0.1, -0.05) is 0 Å². The topological polar surface area (TPSA) is 17.1 Å². The van der Waals surface area contributed by atoms with E-state index in [0.717, 1.165) is 18.1 Å². The first-order chi connectivity index (χ1) is 11.2. The van der Waals surface area contributed by atoms with Gasteiger partial charge in [-0.3, -0.25) is 0 Å². The Bertz CT molecular complexity index is 618. The van der Waals surface area contributed by atoms with Crippen LogP contribution in [0.3, 0.4) is 0 Å². The molecule has 0 aliphatic heterocycles. The first-order valence-electron chi connectivity index (χ1n) is 8.28. The molecule has 2 aromatic carbocycles. The number of rotatable bonds is 3. The van der Waals surface area contributed by atoms with Gasteiger partial charge < -0.3 is 4.79 Å². The molecule has 1 aliphatic carbocycles. The quantitative estimate of drug-likeness (QED) is 0.423. The molecule has 0 N–H and O–H groups in total. The van der Waals surface area contributed by atoms with Crippen molar-refractivity contribution in [2.45, 2.75) is 39.0 Å². The number of hydrogen-bond donors (Lipinski definition) is 0. The molecular formula is C21H26IO-. The zero-order valence-corrected chi connectivity index (χ0v) is 16.4. The van der Waals surface area contributed by atoms with Crippen molar-refractivity contribution in [2.75, 3.05) is 4.93 Å². The van der Waals surface area contributed by atoms with Gasteiger partial charge in [0.15, 0.2) is 0 Å². The predicted molar refractivity (Wildman–Crippen MR) is 94.0 cm³/mol. The van der Waals surface area contributed by atoms with E-state index in [0.29, 0.717) is 0 Å². The number of alkyl halides is 1. The second-order valence-corrected chi connectivity index (χ2v) is 8.38. The van der Waals surface area contributed by atoms with Crippen molar-refractivity contribution in [3.63, 3.8) is 0 Å². The van der Waals surface area contributed by atoms with E-state index < -0.39 is 0 Å². The van der Waals surface area contributed by atoms with Crippen molar-refractivity contribution in [3.8, 4) is 11.1 Å². The number of hydrogen-bond acceptors (Lipinski definition) is 1. The van der Waals surface area contributed by atoms with Crippen LogP contribution in [-0.2, 0) is 4.79 Å². The molecule has 0 spiro atoms. The number of carbonyl (C=O) groups excluding carboxylic acids is 1. The molecule has 23 heavy (non-hydrogen) atoms. The second kappa shape index (κ2) is 9.21. The fraction of sp³-hybridized carbons (Fsp3) is 0.381. The van der Waals surface area contributed by atoms with Crippen LogP contribution in [0.25, 0.3) is 11.1 Å². The van der Waals surface area contributed by atoms with Gasteiger partial charge in [-0.15, -0.1) is 0 Å². The van der Waals surface area contributed by atoms with Crippen LogP contribution in [0.1, 0.15) is 44.6 Å². The summed E-state index contributed by atoms with van der Waals surface area (Å²) in [5.41, 5.74) is 4.37. The maximum absolute atomic E-state index is 8.81. The fourth-order valence-electron chi connectivity index (χ4n) is 3.30. The van der Waals surface area contributed by atoms with E-state index in [1.165, 1.54) is 37.3 Å². The summed E-state index contributed by atoms with van der Waals surface area (Å²) in [6.07, 6.45) is 4.89. The standard InChI is InChI=1S/C19H22I.C2H4O/c1-14-7-8-17(13-14)15-9-11-16(12-10-15)18-5-3-4-6-19(18)20-2;1-2-3/h3-6,9-12,14,17H,7-8,13H2,1-2H3;2H,1H3/q-1;/t14-,17+;/m0./s1. The summed E-state index contributed by atoms with van der Waals surface area (Å²) < 4.78 is 1.55. The monoisotopic (exact) mass is 421 g/mol. The number of carbonyl (C=O) groups is 1. The Morgan fingerprint density at radius 2 is 1.70 bits per heavy atom. The summed E-state index contributed by atoms with van der Waals surface area (Å²) >= 11 is 0.139. The Labute approximate surface area is 150 Å². The molecule has 0 saturated heterocycles. The average Bonchev–Trinajstić information content (AvgIpc) is 3.02. The molecule has 1 saturated carbocycles. The van der Waals surface area contributed by atoms with Gasteiger partial charge in [0.05, 0.1) is 0 Å². The molecule has 2 aromatic rings. The van der Waals surface area contributed by atoms with Gasteiger partial charge in [0.25, 0.3) is 0 Å². The minimum absolute atomic E-state index is 0.139. The SMILES string of the molecule is CC=O.C[I-]c1ccccc1-c1ccc([C@@H]2CC[C@H](C)C2)cc1. The van der Waals surface area contributed by atoms with Crippen LogP contribution < -0.4 is 21.2 Å². The number of benzene rings is 2. The summed E-state index contributed by atoms with van der Waals surface area (Å²) in [5.74, 6) is 1.71. The van der Waals surface area contributed by atoms with E-state index >= 15 is 0 Å². The maximum atomic E-state index is 8.81. The van der Waals surface area contributed by atoms with E-state index in [9.17, 15) is 0 Å². The molecular weight excluding hydrogens is 395 g/mol. The zero-order chi connectivity index (χ0) is 16.7. The third-order valence-electron chi connectivity index (χ3n) is 4.47. The van der Waals surface area contributed by atoms with Gasteiger partial charge in [-0.25, -0.2) is 0 Å². The van der Waals surface area contributed by atoms with Gasteiger partial charge in [-0.05, 0) is 6.92 Å². The molecule has 124 valence electrons. The molecule has 1 fully saturated rings. The van der Waals surface area contributed by atoms with Gasteiger partial charge in [0.2, 0.25) is 0 Å². The average molecular weight is 421 g/mol. The van der Waals surface area contributed by atoms with Crippen LogP contribution in [-0.4, -0.2) is 11.2 Å². The van der Waals surface area contributed by atoms with Crippen LogP contribution in [0.5, 0.6) is 0 Å². The van der Waals surface area contributed by atoms with Gasteiger partial charge >= 0.3 is 133 Å². The van der Waals surface area contributed by atoms with Crippen molar-refractivity contribution in [1.29, 1.82) is 0 Å². The molecule has 1 aliphatic rings. The zero-order valence-electron chi connectivity index (χ0n) is 14.3. The summed E-state index contributed by atoms with van der Waals surface area (Å²) in [7, 11) is 0. The van der Waals surface area contributed by atoms with E-state index in [1.54, 1.807) is 9.13 Å². The number of halogens is 1. The summed E-state index contributed by atoms with van der Waals surface area (Å²) in [6.45, 7) is 3.83. The van der Waals surface area contributed by atoms with Crippen LogP contribution in [0.2, 0.25) is 0 Å². The molecule has 1 nitrogen and oxygen atoms in total. The van der Waals surface area contributed by atoms with Crippen LogP contribution in [0.4, 0.5) is 0 Å². The van der Waals surface area contributed by atoms with E-state index in [4.69, 9.17) is 4.79 Å². The Kier molecular flexibility index (Phi) is 7.28. The fourth-order valence-corrected chi connectivity index (χ4v) is 4.94. The van der Waals surface area contributed by atoms with Crippen molar-refractivity contribution in [3.05, 3.63) is 57.7 Å². The molecule has 0 bridgehead atoms. The molecule has 0 aromatic heterocycles. The Morgan fingerprint density at radius 1 is 1.04 bits per heavy atom. The summed E-state index contributed by atoms with van der Waals surface area (Å²) in [4.78, 5) is 11.1. The summed E-state index contributed by atoms with van der Waals surface area (Å²) in [5, 5.41) is 0. The molecule has 2 atom stereocenters. The van der Waals surface area contributed by atoms with Crippen LogP contribution >= 0.6 is 0 Å². The normalized spacial score (nSPS) is 20.0. The molecule has 0 heterocycles. The first-order valence-corrected chi connectivity index (χ1v) is 11.5. The molecule has 0 unspecified atom stereocenters. The molecule has 0 amide bonds. The third-order valence-corrected chi connectivity index (χ3v) is 6.57. The van der Waals surface area contributed by atoms with Crippen molar-refractivity contribution in [2.24, 2.45) is 5.92 Å². The van der Waals surface area contributed by atoms with Gasteiger partial charge in [-0.2, -0.15) is 0 Å². The predicted octanol–water partition coefficient (Wildman–Crippen LogP) is 2.35. The molecule has 0 radical (unpaired) electrons. The molecule has 3 rings (SSSR count). The minimum atomic E-state index is 0.139. The van der Waals surface area contributed by atoms with E-state index in [-0.39, 0.29) is 21.2 Å². The van der Waals surface area contributed by atoms with Crippen molar-refractivity contribution >= 4 is 6.29 Å². The Hall–Kier alpha value is -1.16.